The van der Waals surface area contributed by atoms with Crippen LogP contribution in [0, 0.1) is 10.6 Å². The lowest BCUT2D eigenvalue weighted by atomic mass is 10.0. The van der Waals surface area contributed by atoms with E-state index < -0.39 is 11.4 Å². The molecule has 0 aliphatic carbocycles. The fourth-order valence-electron chi connectivity index (χ4n) is 3.60. The molecule has 4 aromatic rings. The van der Waals surface area contributed by atoms with Crippen molar-refractivity contribution < 1.29 is 13.9 Å². The highest BCUT2D eigenvalue weighted by Crippen LogP contribution is 2.19. The monoisotopic (exact) mass is 477 g/mol. The van der Waals surface area contributed by atoms with Gasteiger partial charge in [-0.3, -0.25) is 9.59 Å². The Bertz CT molecular complexity index is 1460. The predicted octanol–water partition coefficient (Wildman–Crippen LogP) is 5.12. The lowest BCUT2D eigenvalue weighted by Gasteiger charge is -2.11. The van der Waals surface area contributed by atoms with Crippen LogP contribution in [-0.4, -0.2) is 28.6 Å². The number of hydrogen-bond acceptors (Lipinski definition) is 4. The summed E-state index contributed by atoms with van der Waals surface area (Å²) in [5, 5.41) is 3.09. The number of amides is 1. The van der Waals surface area contributed by atoms with Gasteiger partial charge in [0.15, 0.2) is 4.77 Å². The average molecular weight is 478 g/mol. The van der Waals surface area contributed by atoms with Gasteiger partial charge >= 0.3 is 0 Å². The van der Waals surface area contributed by atoms with Gasteiger partial charge in [-0.15, -0.1) is 0 Å². The van der Waals surface area contributed by atoms with Gasteiger partial charge in [0.2, 0.25) is 0 Å². The number of aromatic nitrogens is 2. The van der Waals surface area contributed by atoms with E-state index in [1.807, 2.05) is 24.3 Å². The average Bonchev–Trinajstić information content (AvgIpc) is 2.82. The van der Waals surface area contributed by atoms with Crippen LogP contribution in [0.5, 0.6) is 5.75 Å². The number of nitrogens with one attached hydrogen (secondary N) is 2. The second kappa shape index (κ2) is 10.0. The number of carbonyl (C=O) groups excluding carboxylic acids is 1. The molecule has 0 bridgehead atoms. The first-order valence-corrected chi connectivity index (χ1v) is 11.3. The van der Waals surface area contributed by atoms with Crippen molar-refractivity contribution in [2.75, 3.05) is 13.2 Å². The van der Waals surface area contributed by atoms with Crippen molar-refractivity contribution in [1.82, 2.24) is 14.9 Å². The molecular weight excluding hydrogens is 453 g/mol. The van der Waals surface area contributed by atoms with Gasteiger partial charge in [0.05, 0.1) is 23.1 Å². The lowest BCUT2D eigenvalue weighted by molar-refractivity contribution is 0.0947. The van der Waals surface area contributed by atoms with Crippen LogP contribution in [0.1, 0.15) is 35.7 Å². The van der Waals surface area contributed by atoms with Crippen molar-refractivity contribution in [2.24, 2.45) is 0 Å². The van der Waals surface area contributed by atoms with E-state index in [9.17, 15) is 14.0 Å². The molecule has 0 unspecified atom stereocenters. The molecule has 4 rings (SSSR count). The van der Waals surface area contributed by atoms with E-state index in [1.165, 1.54) is 29.8 Å². The summed E-state index contributed by atoms with van der Waals surface area (Å²) >= 11 is 5.30. The van der Waals surface area contributed by atoms with Gasteiger partial charge < -0.3 is 15.0 Å². The Balaban J connectivity index is 1.45. The molecule has 0 saturated heterocycles. The molecule has 0 saturated carbocycles. The lowest BCUT2D eigenvalue weighted by Crippen LogP contribution is -2.28. The maximum atomic E-state index is 14.2. The summed E-state index contributed by atoms with van der Waals surface area (Å²) in [5.41, 5.74) is 1.60. The van der Waals surface area contributed by atoms with Gasteiger partial charge in [-0.25, -0.2) is 8.96 Å². The standard InChI is InChI=1S/C26H24FN3O3S/c1-16(2)17-7-10-19(11-8-17)33-14-13-28-24(31)18-9-12-20-22(15-18)29-26(34)30(25(20)32)23-6-4-3-5-21(23)27/h3-12,15-16H,13-14H2,1-2H3,(H,28,31)(H,29,34). The van der Waals surface area contributed by atoms with E-state index in [0.717, 1.165) is 10.3 Å². The Morgan fingerprint density at radius 3 is 2.56 bits per heavy atom. The topological polar surface area (TPSA) is 76.1 Å². The molecular formula is C26H24FN3O3S. The van der Waals surface area contributed by atoms with Crippen molar-refractivity contribution in [3.63, 3.8) is 0 Å². The molecule has 0 aliphatic rings. The third-order valence-corrected chi connectivity index (χ3v) is 5.74. The number of benzene rings is 3. The number of rotatable bonds is 7. The van der Waals surface area contributed by atoms with E-state index in [-0.39, 0.29) is 16.4 Å². The normalized spacial score (nSPS) is 11.1. The molecule has 0 aliphatic heterocycles. The summed E-state index contributed by atoms with van der Waals surface area (Å²) in [6, 6.07) is 18.4. The van der Waals surface area contributed by atoms with Crippen molar-refractivity contribution in [3.8, 4) is 11.4 Å². The zero-order valence-corrected chi connectivity index (χ0v) is 19.6. The smallest absolute Gasteiger partial charge is 0.266 e. The number of para-hydroxylation sites is 1. The minimum Gasteiger partial charge on any atom is -0.492 e. The molecule has 3 aromatic carbocycles. The Hall–Kier alpha value is -3.78. The predicted molar refractivity (Wildman–Crippen MR) is 133 cm³/mol. The minimum atomic E-state index is -0.558. The molecule has 2 N–H and O–H groups in total. The molecule has 34 heavy (non-hydrogen) atoms. The summed E-state index contributed by atoms with van der Waals surface area (Å²) in [4.78, 5) is 28.5. The number of nitrogens with zero attached hydrogens (tertiary/aromatic N) is 1. The largest absolute Gasteiger partial charge is 0.492 e. The zero-order valence-electron chi connectivity index (χ0n) is 18.8. The first kappa shape index (κ1) is 23.4. The Morgan fingerprint density at radius 1 is 1.12 bits per heavy atom. The maximum Gasteiger partial charge on any atom is 0.266 e. The highest BCUT2D eigenvalue weighted by molar-refractivity contribution is 7.71. The summed E-state index contributed by atoms with van der Waals surface area (Å²) in [6.45, 7) is 4.89. The van der Waals surface area contributed by atoms with E-state index in [4.69, 9.17) is 17.0 Å². The van der Waals surface area contributed by atoms with Gasteiger partial charge in [-0.1, -0.05) is 38.1 Å². The molecule has 8 heteroatoms. The number of halogens is 1. The van der Waals surface area contributed by atoms with Gasteiger partial charge in [-0.05, 0) is 66.2 Å². The van der Waals surface area contributed by atoms with E-state index in [2.05, 4.69) is 24.1 Å². The van der Waals surface area contributed by atoms with Crippen LogP contribution < -0.4 is 15.6 Å². The minimum absolute atomic E-state index is 0.0389. The first-order valence-electron chi connectivity index (χ1n) is 10.9. The summed E-state index contributed by atoms with van der Waals surface area (Å²) in [7, 11) is 0. The molecule has 1 aromatic heterocycles. The highest BCUT2D eigenvalue weighted by atomic mass is 32.1. The Kier molecular flexibility index (Phi) is 6.88. The second-order valence-electron chi connectivity index (χ2n) is 8.11. The van der Waals surface area contributed by atoms with Crippen LogP contribution >= 0.6 is 12.2 Å². The van der Waals surface area contributed by atoms with Crippen LogP contribution in [0.2, 0.25) is 0 Å². The molecule has 0 radical (unpaired) electrons. The molecule has 1 heterocycles. The summed E-state index contributed by atoms with van der Waals surface area (Å²) in [5.74, 6) is 0.325. The summed E-state index contributed by atoms with van der Waals surface area (Å²) in [6.07, 6.45) is 0. The molecule has 1 amide bonds. The number of aromatic amines is 1. The number of fused-ring (bicyclic) bond motifs is 1. The van der Waals surface area contributed by atoms with Crippen LogP contribution in [0.4, 0.5) is 4.39 Å². The maximum absolute atomic E-state index is 14.2. The quantitative estimate of drug-likeness (QED) is 0.286. The fourth-order valence-corrected chi connectivity index (χ4v) is 3.89. The van der Waals surface area contributed by atoms with Crippen LogP contribution in [0.3, 0.4) is 0 Å². The van der Waals surface area contributed by atoms with Crippen molar-refractivity contribution in [2.45, 2.75) is 19.8 Å². The van der Waals surface area contributed by atoms with Crippen molar-refractivity contribution in [1.29, 1.82) is 0 Å². The second-order valence-corrected chi connectivity index (χ2v) is 8.50. The van der Waals surface area contributed by atoms with E-state index in [0.29, 0.717) is 35.5 Å². The van der Waals surface area contributed by atoms with Gasteiger partial charge in [0, 0.05) is 5.56 Å². The fraction of sp³-hybridized carbons (Fsp3) is 0.192. The van der Waals surface area contributed by atoms with Gasteiger partial charge in [-0.2, -0.15) is 0 Å². The van der Waals surface area contributed by atoms with E-state index >= 15 is 0 Å². The number of ether oxygens (including phenoxy) is 1. The summed E-state index contributed by atoms with van der Waals surface area (Å²) < 4.78 is 21.1. The zero-order chi connectivity index (χ0) is 24.2. The molecule has 6 nitrogen and oxygen atoms in total. The van der Waals surface area contributed by atoms with Crippen molar-refractivity contribution >= 4 is 29.0 Å². The van der Waals surface area contributed by atoms with Gasteiger partial charge in [0.25, 0.3) is 11.5 Å². The number of H-pyrrole nitrogens is 1. The first-order chi connectivity index (χ1) is 16.3. The van der Waals surface area contributed by atoms with Crippen LogP contribution in [0.15, 0.2) is 71.5 Å². The van der Waals surface area contributed by atoms with Gasteiger partial charge in [0.1, 0.15) is 18.2 Å². The highest BCUT2D eigenvalue weighted by Gasteiger charge is 2.13. The molecule has 174 valence electrons. The molecule has 0 spiro atoms. The molecule has 0 fully saturated rings. The van der Waals surface area contributed by atoms with Crippen molar-refractivity contribution in [3.05, 3.63) is 98.8 Å². The SMILES string of the molecule is CC(C)c1ccc(OCCNC(=O)c2ccc3c(=O)n(-c4ccccc4F)c(=S)[nH]c3c2)cc1. The third-order valence-electron chi connectivity index (χ3n) is 5.46. The number of carbonyl (C=O) groups is 1. The third kappa shape index (κ3) is 4.92. The number of hydrogen-bond donors (Lipinski definition) is 2. The Morgan fingerprint density at radius 2 is 1.85 bits per heavy atom. The van der Waals surface area contributed by atoms with Crippen LogP contribution in [-0.2, 0) is 0 Å². The van der Waals surface area contributed by atoms with Crippen LogP contribution in [0.25, 0.3) is 16.6 Å². The molecule has 0 atom stereocenters. The van der Waals surface area contributed by atoms with E-state index in [1.54, 1.807) is 18.2 Å². The Labute approximate surface area is 201 Å².